The first-order valence-corrected chi connectivity index (χ1v) is 14.9. The van der Waals surface area contributed by atoms with Crippen LogP contribution in [0.2, 0.25) is 0 Å². The average molecular weight is 682 g/mol. The Morgan fingerprint density at radius 3 is 1.98 bits per heavy atom. The van der Waals surface area contributed by atoms with Crippen molar-refractivity contribution in [1.82, 2.24) is 4.90 Å². The third-order valence-corrected chi connectivity index (χ3v) is 6.63. The molecule has 0 aromatic heterocycles. The molecule has 266 valence electrons. The Morgan fingerprint density at radius 1 is 0.896 bits per heavy atom. The number of hydrogen-bond acceptors (Lipinski definition) is 15. The maximum absolute atomic E-state index is 13.6. The highest BCUT2D eigenvalue weighted by Gasteiger charge is 2.62. The Balaban J connectivity index is 2.95. The number of amides is 2. The van der Waals surface area contributed by atoms with Gasteiger partial charge in [-0.3, -0.25) is 24.0 Å². The minimum atomic E-state index is -2.44. The van der Waals surface area contributed by atoms with Gasteiger partial charge in [0, 0.05) is 34.6 Å². The van der Waals surface area contributed by atoms with Gasteiger partial charge in [-0.1, -0.05) is 30.3 Å². The number of carbonyl (C=O) groups excluding carboxylic acids is 7. The maximum atomic E-state index is 13.6. The molecular weight excluding hydrogens is 638 g/mol. The zero-order valence-electron chi connectivity index (χ0n) is 28.5. The number of hydrogen-bond donors (Lipinski definition) is 0. The minimum Gasteiger partial charge on any atom is -0.465 e. The molecule has 0 aliphatic carbocycles. The van der Waals surface area contributed by atoms with Gasteiger partial charge in [-0.25, -0.2) is 14.5 Å². The Labute approximate surface area is 278 Å². The summed E-state index contributed by atoms with van der Waals surface area (Å²) in [6, 6.07) is 6.84. The van der Waals surface area contributed by atoms with Gasteiger partial charge in [0.15, 0.2) is 12.2 Å². The molecule has 0 unspecified atom stereocenters. The second kappa shape index (κ2) is 17.0. The van der Waals surface area contributed by atoms with Crippen molar-refractivity contribution in [3.63, 3.8) is 0 Å². The van der Waals surface area contributed by atoms with Crippen molar-refractivity contribution in [3.05, 3.63) is 35.9 Å². The first kappa shape index (κ1) is 39.6. The highest BCUT2D eigenvalue weighted by Crippen LogP contribution is 2.40. The van der Waals surface area contributed by atoms with E-state index < -0.39 is 96.7 Å². The number of nitrogens with zero attached hydrogens (tertiary/aromatic N) is 1. The number of carbonyl (C=O) groups is 7. The van der Waals surface area contributed by atoms with Gasteiger partial charge < -0.3 is 37.9 Å². The molecule has 2 amide bonds. The summed E-state index contributed by atoms with van der Waals surface area (Å²) in [5, 5.41) is 0. The van der Waals surface area contributed by atoms with Crippen LogP contribution in [-0.4, -0.2) is 102 Å². The van der Waals surface area contributed by atoms with Crippen LogP contribution in [0.5, 0.6) is 0 Å². The third-order valence-electron chi connectivity index (χ3n) is 6.63. The molecule has 1 aliphatic rings. The predicted octanol–water partition coefficient (Wildman–Crippen LogP) is 2.37. The highest BCUT2D eigenvalue weighted by atomic mass is 16.7. The van der Waals surface area contributed by atoms with Crippen LogP contribution in [0.4, 0.5) is 4.79 Å². The zero-order valence-corrected chi connectivity index (χ0v) is 28.5. The molecule has 48 heavy (non-hydrogen) atoms. The van der Waals surface area contributed by atoms with Crippen LogP contribution in [-0.2, 0) is 73.3 Å². The van der Waals surface area contributed by atoms with Crippen molar-refractivity contribution in [2.45, 2.75) is 110 Å². The smallest absolute Gasteiger partial charge is 0.417 e. The molecule has 6 atom stereocenters. The highest BCUT2D eigenvalue weighted by molar-refractivity contribution is 5.91. The van der Waals surface area contributed by atoms with E-state index in [2.05, 4.69) is 0 Å². The lowest BCUT2D eigenvalue weighted by Gasteiger charge is -2.50. The van der Waals surface area contributed by atoms with Gasteiger partial charge in [-0.15, -0.1) is 0 Å². The fraction of sp³-hybridized carbons (Fsp3) is 0.594. The van der Waals surface area contributed by atoms with Crippen LogP contribution in [0.1, 0.15) is 67.4 Å². The SMILES string of the molecule is COC(=O)[C@@]1(OCc2ccccc2)C[C@H](OC(C)=O)[C@@H](N(C(C)=O)C(=O)OC(C)(C)C)[C@H]([C@H](OC(C)=O)[C@@H](COC(C)=O)OC(C)=O)O1. The van der Waals surface area contributed by atoms with Crippen LogP contribution >= 0.6 is 0 Å². The van der Waals surface area contributed by atoms with E-state index in [1.807, 2.05) is 0 Å². The number of benzene rings is 1. The second-order valence-corrected chi connectivity index (χ2v) is 11.8. The van der Waals surface area contributed by atoms with E-state index in [0.29, 0.717) is 10.5 Å². The first-order valence-electron chi connectivity index (χ1n) is 14.9. The zero-order chi connectivity index (χ0) is 36.4. The summed E-state index contributed by atoms with van der Waals surface area (Å²) in [6.45, 7) is 8.81. The quantitative estimate of drug-likeness (QED) is 0.230. The van der Waals surface area contributed by atoms with Gasteiger partial charge >= 0.3 is 35.9 Å². The van der Waals surface area contributed by atoms with Crippen LogP contribution in [0.25, 0.3) is 0 Å². The standard InChI is InChI=1S/C32H43NO15/c1-18(34)33(30(40)48-31(6,7)8)26-24(44-20(3)36)15-32(29(39)41-9,43-16-23-13-11-10-12-14-23)47-28(26)27(46-22(5)38)25(45-21(4)37)17-42-19(2)35/h10-14,24-28H,15-17H2,1-9H3/t24-,25+,26+,27+,28+,32+/m0/s1. The molecule has 16 nitrogen and oxygen atoms in total. The van der Waals surface area contributed by atoms with Crippen LogP contribution in [0, 0.1) is 0 Å². The Kier molecular flexibility index (Phi) is 14.0. The van der Waals surface area contributed by atoms with E-state index in [4.69, 9.17) is 37.9 Å². The van der Waals surface area contributed by atoms with Crippen LogP contribution in [0.3, 0.4) is 0 Å². The lowest BCUT2D eigenvalue weighted by atomic mass is 9.87. The van der Waals surface area contributed by atoms with Gasteiger partial charge in [-0.2, -0.15) is 0 Å². The van der Waals surface area contributed by atoms with Gasteiger partial charge in [0.05, 0.1) is 20.1 Å². The molecule has 16 heteroatoms. The van der Waals surface area contributed by atoms with Crippen LogP contribution < -0.4 is 0 Å². The lowest BCUT2D eigenvalue weighted by molar-refractivity contribution is -0.323. The largest absolute Gasteiger partial charge is 0.465 e. The molecule has 1 fully saturated rings. The summed E-state index contributed by atoms with van der Waals surface area (Å²) >= 11 is 0. The Morgan fingerprint density at radius 2 is 1.50 bits per heavy atom. The number of esters is 5. The molecule has 1 aliphatic heterocycles. The van der Waals surface area contributed by atoms with Gasteiger partial charge in [-0.05, 0) is 26.3 Å². The average Bonchev–Trinajstić information content (AvgIpc) is 2.96. The predicted molar refractivity (Wildman–Crippen MR) is 161 cm³/mol. The Bertz CT molecular complexity index is 1340. The van der Waals surface area contributed by atoms with E-state index in [9.17, 15) is 33.6 Å². The monoisotopic (exact) mass is 681 g/mol. The lowest BCUT2D eigenvalue weighted by Crippen LogP contribution is -2.70. The summed E-state index contributed by atoms with van der Waals surface area (Å²) in [7, 11) is 1.04. The fourth-order valence-electron chi connectivity index (χ4n) is 4.97. The molecule has 1 heterocycles. The summed E-state index contributed by atoms with van der Waals surface area (Å²) in [4.78, 5) is 90.2. The fourth-order valence-corrected chi connectivity index (χ4v) is 4.97. The van der Waals surface area contributed by atoms with Gasteiger partial charge in [0.2, 0.25) is 5.91 Å². The molecule has 0 spiro atoms. The topological polar surface area (TPSA) is 197 Å². The van der Waals surface area contributed by atoms with Crippen molar-refractivity contribution < 1.29 is 71.5 Å². The number of imide groups is 1. The molecule has 0 N–H and O–H groups in total. The van der Waals surface area contributed by atoms with E-state index in [1.54, 1.807) is 51.1 Å². The molecule has 2 rings (SSSR count). The molecule has 0 saturated carbocycles. The molecule has 0 bridgehead atoms. The van der Waals surface area contributed by atoms with Crippen molar-refractivity contribution in [3.8, 4) is 0 Å². The van der Waals surface area contributed by atoms with Crippen LogP contribution in [0.15, 0.2) is 30.3 Å². The van der Waals surface area contributed by atoms with E-state index in [0.717, 1.165) is 41.7 Å². The normalized spacial score (nSPS) is 21.8. The maximum Gasteiger partial charge on any atom is 0.417 e. The summed E-state index contributed by atoms with van der Waals surface area (Å²) < 4.78 is 44.6. The molecular formula is C32H43NO15. The van der Waals surface area contributed by atoms with Gasteiger partial charge in [0.25, 0.3) is 5.79 Å². The van der Waals surface area contributed by atoms with Gasteiger partial charge in [0.1, 0.15) is 30.5 Å². The van der Waals surface area contributed by atoms with Crippen molar-refractivity contribution in [2.24, 2.45) is 0 Å². The summed E-state index contributed by atoms with van der Waals surface area (Å²) in [5.41, 5.74) is -0.554. The minimum absolute atomic E-state index is 0.262. The van der Waals surface area contributed by atoms with Crippen molar-refractivity contribution >= 4 is 41.8 Å². The molecule has 0 radical (unpaired) electrons. The summed E-state index contributed by atoms with van der Waals surface area (Å²) in [6.07, 6.45) is -8.87. The first-order chi connectivity index (χ1) is 22.3. The van der Waals surface area contributed by atoms with E-state index >= 15 is 0 Å². The third kappa shape index (κ3) is 11.3. The van der Waals surface area contributed by atoms with Crippen molar-refractivity contribution in [2.75, 3.05) is 13.7 Å². The molecule has 1 saturated heterocycles. The Hall–Kier alpha value is -4.57. The molecule has 1 aromatic carbocycles. The number of rotatable bonds is 12. The number of ether oxygens (including phenoxy) is 8. The van der Waals surface area contributed by atoms with E-state index in [-0.39, 0.29) is 6.61 Å². The van der Waals surface area contributed by atoms with E-state index in [1.165, 1.54) is 0 Å². The number of methoxy groups -OCH3 is 1. The van der Waals surface area contributed by atoms with Crippen molar-refractivity contribution in [1.29, 1.82) is 0 Å². The summed E-state index contributed by atoms with van der Waals surface area (Å²) in [5.74, 6) is -8.09. The second-order valence-electron chi connectivity index (χ2n) is 11.8. The molecule has 1 aromatic rings.